The lowest BCUT2D eigenvalue weighted by atomic mass is 10.2. The average Bonchev–Trinajstić information content (AvgIpc) is 3.03. The first kappa shape index (κ1) is 11.7. The molecule has 0 spiro atoms. The third-order valence-corrected chi connectivity index (χ3v) is 2.33. The largest absolute Gasteiger partial charge is 0.486 e. The first-order chi connectivity index (χ1) is 8.08. The predicted octanol–water partition coefficient (Wildman–Crippen LogP) is 2.92. The van der Waals surface area contributed by atoms with E-state index < -0.39 is 4.92 Å². The highest BCUT2D eigenvalue weighted by Crippen LogP contribution is 2.40. The van der Waals surface area contributed by atoms with Crippen LogP contribution in [0.1, 0.15) is 26.7 Å². The molecule has 1 aliphatic carbocycles. The standard InChI is InChI=1S/C12H15NO4/c1-8(2)16-12-10(13(14)15)4-3-5-11(12)17-9-6-7-9/h3-5,8-9H,6-7H2,1-2H3. The van der Waals surface area contributed by atoms with Gasteiger partial charge in [0.05, 0.1) is 17.1 Å². The number of hydrogen-bond donors (Lipinski definition) is 0. The van der Waals surface area contributed by atoms with Crippen LogP contribution in [0.2, 0.25) is 0 Å². The fraction of sp³-hybridized carbons (Fsp3) is 0.500. The Morgan fingerprint density at radius 3 is 2.65 bits per heavy atom. The maximum Gasteiger partial charge on any atom is 0.314 e. The monoisotopic (exact) mass is 237 g/mol. The number of para-hydroxylation sites is 1. The topological polar surface area (TPSA) is 61.6 Å². The van der Waals surface area contributed by atoms with Crippen molar-refractivity contribution < 1.29 is 14.4 Å². The molecule has 0 N–H and O–H groups in total. The van der Waals surface area contributed by atoms with Crippen molar-refractivity contribution in [1.29, 1.82) is 0 Å². The van der Waals surface area contributed by atoms with Crippen LogP contribution in [0, 0.1) is 10.1 Å². The van der Waals surface area contributed by atoms with Gasteiger partial charge in [0.25, 0.3) is 0 Å². The zero-order valence-corrected chi connectivity index (χ0v) is 9.88. The average molecular weight is 237 g/mol. The molecule has 5 heteroatoms. The van der Waals surface area contributed by atoms with E-state index in [1.165, 1.54) is 6.07 Å². The van der Waals surface area contributed by atoms with E-state index in [4.69, 9.17) is 9.47 Å². The lowest BCUT2D eigenvalue weighted by Gasteiger charge is -2.14. The molecule has 0 radical (unpaired) electrons. The minimum Gasteiger partial charge on any atom is -0.486 e. The molecule has 1 fully saturated rings. The molecule has 0 atom stereocenters. The molecular weight excluding hydrogens is 222 g/mol. The summed E-state index contributed by atoms with van der Waals surface area (Å²) < 4.78 is 11.1. The predicted molar refractivity (Wildman–Crippen MR) is 62.5 cm³/mol. The van der Waals surface area contributed by atoms with Gasteiger partial charge < -0.3 is 9.47 Å². The molecule has 1 saturated carbocycles. The van der Waals surface area contributed by atoms with Gasteiger partial charge in [0.1, 0.15) is 0 Å². The molecule has 17 heavy (non-hydrogen) atoms. The van der Waals surface area contributed by atoms with Gasteiger partial charge in [-0.15, -0.1) is 0 Å². The molecule has 1 aliphatic rings. The van der Waals surface area contributed by atoms with Crippen LogP contribution in [0.15, 0.2) is 18.2 Å². The number of ether oxygens (including phenoxy) is 2. The molecule has 1 aromatic carbocycles. The Morgan fingerprint density at radius 2 is 2.12 bits per heavy atom. The van der Waals surface area contributed by atoms with Crippen molar-refractivity contribution in [1.82, 2.24) is 0 Å². The van der Waals surface area contributed by atoms with Crippen LogP contribution in [-0.4, -0.2) is 17.1 Å². The highest BCUT2D eigenvalue weighted by molar-refractivity contribution is 5.56. The van der Waals surface area contributed by atoms with Crippen molar-refractivity contribution in [3.8, 4) is 11.5 Å². The van der Waals surface area contributed by atoms with Crippen LogP contribution < -0.4 is 9.47 Å². The van der Waals surface area contributed by atoms with Crippen molar-refractivity contribution >= 4 is 5.69 Å². The fourth-order valence-corrected chi connectivity index (χ4v) is 1.46. The molecule has 2 rings (SSSR count). The zero-order valence-electron chi connectivity index (χ0n) is 9.88. The van der Waals surface area contributed by atoms with Crippen LogP contribution in [0.3, 0.4) is 0 Å². The van der Waals surface area contributed by atoms with E-state index >= 15 is 0 Å². The zero-order chi connectivity index (χ0) is 12.4. The summed E-state index contributed by atoms with van der Waals surface area (Å²) >= 11 is 0. The number of nitro groups is 1. The normalized spacial score (nSPS) is 14.8. The Bertz CT molecular complexity index is 427. The van der Waals surface area contributed by atoms with Gasteiger partial charge in [-0.3, -0.25) is 10.1 Å². The van der Waals surface area contributed by atoms with Gasteiger partial charge in [0, 0.05) is 6.07 Å². The van der Waals surface area contributed by atoms with Gasteiger partial charge in [-0.2, -0.15) is 0 Å². The van der Waals surface area contributed by atoms with Gasteiger partial charge in [-0.05, 0) is 32.8 Å². The summed E-state index contributed by atoms with van der Waals surface area (Å²) in [5.74, 6) is 0.704. The summed E-state index contributed by atoms with van der Waals surface area (Å²) in [5, 5.41) is 10.9. The number of benzene rings is 1. The third-order valence-electron chi connectivity index (χ3n) is 2.33. The Hall–Kier alpha value is -1.78. The first-order valence-corrected chi connectivity index (χ1v) is 5.68. The summed E-state index contributed by atoms with van der Waals surface area (Å²) in [6.45, 7) is 3.66. The molecular formula is C12H15NO4. The quantitative estimate of drug-likeness (QED) is 0.583. The molecule has 92 valence electrons. The second-order valence-corrected chi connectivity index (χ2v) is 4.35. The molecule has 0 saturated heterocycles. The lowest BCUT2D eigenvalue weighted by Crippen LogP contribution is -2.09. The van der Waals surface area contributed by atoms with Crippen molar-refractivity contribution in [2.75, 3.05) is 0 Å². The van der Waals surface area contributed by atoms with Crippen LogP contribution >= 0.6 is 0 Å². The third kappa shape index (κ3) is 2.87. The summed E-state index contributed by atoms with van der Waals surface area (Å²) in [6.07, 6.45) is 2.07. The minimum absolute atomic E-state index is 0.0446. The Labute approximate surface area is 99.5 Å². The van der Waals surface area contributed by atoms with Gasteiger partial charge in [-0.25, -0.2) is 0 Å². The molecule has 0 bridgehead atoms. The maximum absolute atomic E-state index is 10.9. The summed E-state index contributed by atoms with van der Waals surface area (Å²) in [5.41, 5.74) is -0.0446. The van der Waals surface area contributed by atoms with Crippen molar-refractivity contribution in [3.63, 3.8) is 0 Å². The molecule has 0 amide bonds. The number of nitrogens with zero attached hydrogens (tertiary/aromatic N) is 1. The van der Waals surface area contributed by atoms with E-state index in [1.54, 1.807) is 12.1 Å². The van der Waals surface area contributed by atoms with Crippen molar-refractivity contribution in [2.24, 2.45) is 0 Å². The highest BCUT2D eigenvalue weighted by Gasteiger charge is 2.28. The van der Waals surface area contributed by atoms with Gasteiger partial charge in [0.15, 0.2) is 5.75 Å². The summed E-state index contributed by atoms with van der Waals surface area (Å²) in [7, 11) is 0. The SMILES string of the molecule is CC(C)Oc1c(OC2CC2)cccc1[N+](=O)[O-]. The van der Waals surface area contributed by atoms with Gasteiger partial charge in [-0.1, -0.05) is 6.07 Å². The maximum atomic E-state index is 10.9. The van der Waals surface area contributed by atoms with Crippen LogP contribution in [-0.2, 0) is 0 Å². The Kier molecular flexibility index (Phi) is 3.17. The van der Waals surface area contributed by atoms with Gasteiger partial charge in [0.2, 0.25) is 5.75 Å². The smallest absolute Gasteiger partial charge is 0.314 e. The van der Waals surface area contributed by atoms with Crippen LogP contribution in [0.25, 0.3) is 0 Å². The van der Waals surface area contributed by atoms with Crippen molar-refractivity contribution in [3.05, 3.63) is 28.3 Å². The highest BCUT2D eigenvalue weighted by atomic mass is 16.6. The molecule has 5 nitrogen and oxygen atoms in total. The minimum atomic E-state index is -0.447. The molecule has 0 heterocycles. The van der Waals surface area contributed by atoms with E-state index in [1.807, 2.05) is 13.8 Å². The fourth-order valence-electron chi connectivity index (χ4n) is 1.46. The van der Waals surface area contributed by atoms with Crippen molar-refractivity contribution in [2.45, 2.75) is 38.9 Å². The van der Waals surface area contributed by atoms with E-state index in [0.29, 0.717) is 5.75 Å². The molecule has 0 aromatic heterocycles. The second kappa shape index (κ2) is 4.61. The van der Waals surface area contributed by atoms with E-state index in [0.717, 1.165) is 12.8 Å². The summed E-state index contributed by atoms with van der Waals surface area (Å²) in [4.78, 5) is 10.5. The summed E-state index contributed by atoms with van der Waals surface area (Å²) in [6, 6.07) is 4.75. The number of hydrogen-bond acceptors (Lipinski definition) is 4. The van der Waals surface area contributed by atoms with Crippen LogP contribution in [0.5, 0.6) is 11.5 Å². The Balaban J connectivity index is 2.34. The van der Waals surface area contributed by atoms with Crippen LogP contribution in [0.4, 0.5) is 5.69 Å². The number of nitro benzene ring substituents is 1. The van der Waals surface area contributed by atoms with E-state index in [2.05, 4.69) is 0 Å². The lowest BCUT2D eigenvalue weighted by molar-refractivity contribution is -0.386. The first-order valence-electron chi connectivity index (χ1n) is 5.68. The molecule has 0 unspecified atom stereocenters. The van der Waals surface area contributed by atoms with E-state index in [9.17, 15) is 10.1 Å². The second-order valence-electron chi connectivity index (χ2n) is 4.35. The van der Waals surface area contributed by atoms with Gasteiger partial charge >= 0.3 is 5.69 Å². The number of rotatable bonds is 5. The Morgan fingerprint density at radius 1 is 1.41 bits per heavy atom. The molecule has 1 aromatic rings. The van der Waals surface area contributed by atoms with E-state index in [-0.39, 0.29) is 23.6 Å². The molecule has 0 aliphatic heterocycles.